The van der Waals surface area contributed by atoms with Crippen LogP contribution in [0.1, 0.15) is 20.8 Å². The number of thiocarbonyl (C=S) groups is 1. The first-order valence-electron chi connectivity index (χ1n) is 6.07. The van der Waals surface area contributed by atoms with Crippen molar-refractivity contribution in [3.63, 3.8) is 0 Å². The van der Waals surface area contributed by atoms with Crippen molar-refractivity contribution in [3.8, 4) is 0 Å². The van der Waals surface area contributed by atoms with E-state index in [1.807, 2.05) is 20.8 Å². The third-order valence-corrected chi connectivity index (χ3v) is 4.56. The summed E-state index contributed by atoms with van der Waals surface area (Å²) in [7, 11) is 2.21. The van der Waals surface area contributed by atoms with Gasteiger partial charge in [0.2, 0.25) is 0 Å². The fourth-order valence-electron chi connectivity index (χ4n) is 1.51. The van der Waals surface area contributed by atoms with E-state index in [0.29, 0.717) is 5.75 Å². The molecule has 17 heavy (non-hydrogen) atoms. The summed E-state index contributed by atoms with van der Waals surface area (Å²) in [6.45, 7) is 10.2. The van der Waals surface area contributed by atoms with Crippen LogP contribution < -0.4 is 4.90 Å². The molecule has 1 fully saturated rings. The Balaban J connectivity index is 2.33. The zero-order chi connectivity index (χ0) is 13.1. The number of nitrogens with zero attached hydrogens (tertiary/aromatic N) is 1. The zero-order valence-electron chi connectivity index (χ0n) is 11.2. The van der Waals surface area contributed by atoms with Gasteiger partial charge in [-0.2, -0.15) is 0 Å². The minimum atomic E-state index is -0.255. The maximum absolute atomic E-state index is 11.8. The maximum Gasteiger partial charge on any atom is 0.148 e. The molecule has 0 aromatic rings. The summed E-state index contributed by atoms with van der Waals surface area (Å²) in [6.07, 6.45) is 0. The van der Waals surface area contributed by atoms with E-state index in [9.17, 15) is 4.79 Å². The molecule has 0 spiro atoms. The minimum absolute atomic E-state index is 0.255. The molecule has 0 saturated carbocycles. The van der Waals surface area contributed by atoms with Crippen LogP contribution in [-0.2, 0) is 4.79 Å². The molecule has 1 rings (SSSR count). The first kappa shape index (κ1) is 14.9. The molecule has 98 valence electrons. The molecule has 0 amide bonds. The Morgan fingerprint density at radius 1 is 1.35 bits per heavy atom. The number of quaternary nitrogens is 1. The molecule has 0 bridgehead atoms. The molecule has 1 heterocycles. The summed E-state index contributed by atoms with van der Waals surface area (Å²) in [4.78, 5) is 15.6. The molecular formula is C12H23N2OS2+. The van der Waals surface area contributed by atoms with Crippen LogP contribution in [0, 0.1) is 5.41 Å². The normalized spacial score (nSPS) is 18.2. The monoisotopic (exact) mass is 275 g/mol. The van der Waals surface area contributed by atoms with Crippen LogP contribution in [-0.4, -0.2) is 54.0 Å². The van der Waals surface area contributed by atoms with Crippen molar-refractivity contribution in [2.75, 3.05) is 39.0 Å². The van der Waals surface area contributed by atoms with E-state index in [4.69, 9.17) is 12.2 Å². The lowest BCUT2D eigenvalue weighted by Gasteiger charge is -2.31. The topological polar surface area (TPSA) is 24.8 Å². The molecule has 1 aliphatic heterocycles. The number of likely N-dealkylation sites (N-methyl/N-ethyl adjacent to an activating group) is 1. The fraction of sp³-hybridized carbons (Fsp3) is 0.833. The van der Waals surface area contributed by atoms with Gasteiger partial charge in [-0.1, -0.05) is 44.8 Å². The highest BCUT2D eigenvalue weighted by Crippen LogP contribution is 2.19. The van der Waals surface area contributed by atoms with Crippen molar-refractivity contribution in [3.05, 3.63) is 0 Å². The molecule has 0 atom stereocenters. The third-order valence-electron chi connectivity index (χ3n) is 3.04. The van der Waals surface area contributed by atoms with E-state index in [2.05, 4.69) is 11.9 Å². The van der Waals surface area contributed by atoms with Gasteiger partial charge in [0.25, 0.3) is 0 Å². The second-order valence-corrected chi connectivity index (χ2v) is 7.28. The van der Waals surface area contributed by atoms with Gasteiger partial charge in [0.05, 0.1) is 39.0 Å². The lowest BCUT2D eigenvalue weighted by atomic mass is 9.92. The predicted octanol–water partition coefficient (Wildman–Crippen LogP) is 0.450. The molecule has 1 saturated heterocycles. The van der Waals surface area contributed by atoms with Crippen molar-refractivity contribution in [1.29, 1.82) is 0 Å². The summed E-state index contributed by atoms with van der Waals surface area (Å²) in [5.41, 5.74) is -0.255. The molecule has 5 heteroatoms. The Labute approximate surface area is 114 Å². The summed E-state index contributed by atoms with van der Waals surface area (Å²) < 4.78 is 0.884. The number of piperazine rings is 1. The Hall–Kier alpha value is -0.130. The number of carbonyl (C=O) groups is 1. The van der Waals surface area contributed by atoms with Gasteiger partial charge >= 0.3 is 0 Å². The summed E-state index contributed by atoms with van der Waals surface area (Å²) in [5, 5.41) is 0. The van der Waals surface area contributed by atoms with E-state index in [1.165, 1.54) is 11.8 Å². The van der Waals surface area contributed by atoms with Crippen LogP contribution in [0.4, 0.5) is 0 Å². The third kappa shape index (κ3) is 4.94. The van der Waals surface area contributed by atoms with Crippen LogP contribution in [0.3, 0.4) is 0 Å². The van der Waals surface area contributed by atoms with Crippen LogP contribution in [0.25, 0.3) is 0 Å². The number of thioether (sulfide) groups is 1. The fourth-order valence-corrected chi connectivity index (χ4v) is 2.92. The van der Waals surface area contributed by atoms with E-state index < -0.39 is 0 Å². The molecule has 0 aromatic heterocycles. The first-order chi connectivity index (χ1) is 7.80. The van der Waals surface area contributed by atoms with E-state index >= 15 is 0 Å². The second kappa shape index (κ2) is 6.16. The number of nitrogens with one attached hydrogen (secondary N) is 1. The number of hydrogen-bond donors (Lipinski definition) is 1. The summed E-state index contributed by atoms with van der Waals surface area (Å²) >= 11 is 6.90. The number of rotatable bonds is 2. The molecule has 0 aromatic carbocycles. The number of hydrogen-bond acceptors (Lipinski definition) is 3. The number of carbonyl (C=O) groups excluding carboxylic acids is 1. The number of ketones is 1. The Morgan fingerprint density at radius 2 is 1.88 bits per heavy atom. The highest BCUT2D eigenvalue weighted by Gasteiger charge is 2.24. The quantitative estimate of drug-likeness (QED) is 0.740. The average Bonchev–Trinajstić information content (AvgIpc) is 2.25. The average molecular weight is 275 g/mol. The molecule has 0 aliphatic carbocycles. The Bertz CT molecular complexity index is 291. The molecular weight excluding hydrogens is 252 g/mol. The van der Waals surface area contributed by atoms with Gasteiger partial charge in [0, 0.05) is 5.41 Å². The van der Waals surface area contributed by atoms with Crippen molar-refractivity contribution in [2.24, 2.45) is 5.41 Å². The van der Waals surface area contributed by atoms with Crippen molar-refractivity contribution in [2.45, 2.75) is 20.8 Å². The van der Waals surface area contributed by atoms with E-state index in [-0.39, 0.29) is 11.2 Å². The smallest absolute Gasteiger partial charge is 0.148 e. The second-order valence-electron chi connectivity index (χ2n) is 5.67. The predicted molar refractivity (Wildman–Crippen MR) is 77.7 cm³/mol. The summed E-state index contributed by atoms with van der Waals surface area (Å²) in [5.74, 6) is 0.770. The van der Waals surface area contributed by atoms with Crippen LogP contribution in [0.15, 0.2) is 0 Å². The molecule has 0 unspecified atom stereocenters. The van der Waals surface area contributed by atoms with E-state index in [0.717, 1.165) is 30.5 Å². The van der Waals surface area contributed by atoms with Crippen LogP contribution >= 0.6 is 24.0 Å². The molecule has 1 aliphatic rings. The van der Waals surface area contributed by atoms with Gasteiger partial charge in [0.15, 0.2) is 0 Å². The molecule has 0 radical (unpaired) electrons. The first-order valence-corrected chi connectivity index (χ1v) is 7.46. The largest absolute Gasteiger partial charge is 0.346 e. The Kier molecular flexibility index (Phi) is 5.41. The van der Waals surface area contributed by atoms with Crippen molar-refractivity contribution < 1.29 is 9.69 Å². The van der Waals surface area contributed by atoms with Gasteiger partial charge in [-0.3, -0.25) is 4.79 Å². The lowest BCUT2D eigenvalue weighted by molar-refractivity contribution is -0.883. The van der Waals surface area contributed by atoms with Crippen LogP contribution in [0.5, 0.6) is 0 Å². The minimum Gasteiger partial charge on any atom is -0.346 e. The van der Waals surface area contributed by atoms with Gasteiger partial charge < -0.3 is 9.80 Å². The van der Waals surface area contributed by atoms with Gasteiger partial charge in [-0.25, -0.2) is 0 Å². The van der Waals surface area contributed by atoms with Crippen molar-refractivity contribution >= 4 is 34.1 Å². The SMILES string of the molecule is C[NH+]1CCN(C(=S)SCC(=O)C(C)(C)C)CC1. The maximum atomic E-state index is 11.8. The zero-order valence-corrected chi connectivity index (χ0v) is 12.8. The van der Waals surface area contributed by atoms with E-state index in [1.54, 1.807) is 4.90 Å². The standard InChI is InChI=1S/C12H22N2OS2/c1-12(2,3)10(15)9-17-11(16)14-7-5-13(4)6-8-14/h5-9H2,1-4H3/p+1. The molecule has 1 N–H and O–H groups in total. The molecule has 3 nitrogen and oxygen atoms in total. The van der Waals surface area contributed by atoms with Gasteiger partial charge in [0.1, 0.15) is 10.1 Å². The van der Waals surface area contributed by atoms with Gasteiger partial charge in [-0.15, -0.1) is 0 Å². The highest BCUT2D eigenvalue weighted by molar-refractivity contribution is 8.23. The van der Waals surface area contributed by atoms with Gasteiger partial charge in [-0.05, 0) is 0 Å². The highest BCUT2D eigenvalue weighted by atomic mass is 32.2. The van der Waals surface area contributed by atoms with Crippen molar-refractivity contribution in [1.82, 2.24) is 4.90 Å². The van der Waals surface area contributed by atoms with Crippen LogP contribution in [0.2, 0.25) is 0 Å². The number of Topliss-reactive ketones (excluding diaryl/α,β-unsaturated/α-hetero) is 1. The Morgan fingerprint density at radius 3 is 2.35 bits per heavy atom. The lowest BCUT2D eigenvalue weighted by Crippen LogP contribution is -3.12. The summed E-state index contributed by atoms with van der Waals surface area (Å²) in [6, 6.07) is 0.